The van der Waals surface area contributed by atoms with Gasteiger partial charge in [0.2, 0.25) is 0 Å². The third-order valence-corrected chi connectivity index (χ3v) is 4.24. The average Bonchev–Trinajstić information content (AvgIpc) is 3.31. The molecule has 0 spiro atoms. The second kappa shape index (κ2) is 10.4. The molecular formula is C24H23N5O. The Balaban J connectivity index is 1.79. The van der Waals surface area contributed by atoms with Crippen LogP contribution < -0.4 is 5.32 Å². The van der Waals surface area contributed by atoms with Crippen molar-refractivity contribution in [1.29, 1.82) is 0 Å². The molecule has 6 heteroatoms. The molecule has 0 radical (unpaired) electrons. The van der Waals surface area contributed by atoms with E-state index in [1.165, 1.54) is 6.20 Å². The molecule has 1 heterocycles. The van der Waals surface area contributed by atoms with E-state index in [0.717, 1.165) is 16.8 Å². The van der Waals surface area contributed by atoms with E-state index in [-0.39, 0.29) is 5.91 Å². The fraction of sp³-hybridized carbons (Fsp3) is 0.125. The van der Waals surface area contributed by atoms with Crippen LogP contribution in [0.1, 0.15) is 21.5 Å². The molecule has 0 aliphatic carbocycles. The van der Waals surface area contributed by atoms with Crippen molar-refractivity contribution in [1.82, 2.24) is 20.0 Å². The van der Waals surface area contributed by atoms with Crippen molar-refractivity contribution in [2.75, 3.05) is 20.1 Å². The Morgan fingerprint density at radius 2 is 2.07 bits per heavy atom. The summed E-state index contributed by atoms with van der Waals surface area (Å²) in [7, 11) is 1.88. The maximum Gasteiger partial charge on any atom is 0.251 e. The van der Waals surface area contributed by atoms with Gasteiger partial charge in [0, 0.05) is 49.9 Å². The van der Waals surface area contributed by atoms with Gasteiger partial charge in [0.1, 0.15) is 0 Å². The summed E-state index contributed by atoms with van der Waals surface area (Å²) in [6.45, 7) is 4.66. The highest BCUT2D eigenvalue weighted by atomic mass is 16.1. The Kier molecular flexibility index (Phi) is 7.17. The number of hydrogen-bond acceptors (Lipinski definition) is 3. The standard InChI is InChI=1S/C24H23N5O/c1-3-25-19-28(2)17-15-26-24(30)22-12-13-23(29-16-7-14-27-29)21(18-22)11-10-20-8-5-4-6-9-20/h3-9,12-14,16,18-19H,1,15,17H2,2H3,(H,26,30)/b25-19-. The summed E-state index contributed by atoms with van der Waals surface area (Å²) in [4.78, 5) is 18.4. The number of carbonyl (C=O) groups excluding carboxylic acids is 1. The molecule has 0 aliphatic rings. The van der Waals surface area contributed by atoms with Crippen LogP contribution in [-0.2, 0) is 0 Å². The fourth-order valence-electron chi connectivity index (χ4n) is 2.72. The summed E-state index contributed by atoms with van der Waals surface area (Å²) >= 11 is 0. The predicted octanol–water partition coefficient (Wildman–Crippen LogP) is 3.11. The molecule has 150 valence electrons. The van der Waals surface area contributed by atoms with Gasteiger partial charge in [-0.2, -0.15) is 5.10 Å². The summed E-state index contributed by atoms with van der Waals surface area (Å²) in [5, 5.41) is 7.22. The number of rotatable bonds is 7. The first-order valence-corrected chi connectivity index (χ1v) is 9.51. The van der Waals surface area contributed by atoms with Crippen molar-refractivity contribution in [3.8, 4) is 17.5 Å². The molecule has 3 aromatic rings. The molecule has 1 aromatic heterocycles. The monoisotopic (exact) mass is 397 g/mol. The van der Waals surface area contributed by atoms with E-state index in [0.29, 0.717) is 18.7 Å². The summed E-state index contributed by atoms with van der Waals surface area (Å²) in [6, 6.07) is 17.0. The quantitative estimate of drug-likeness (QED) is 0.379. The molecule has 0 saturated heterocycles. The maximum atomic E-state index is 12.6. The smallest absolute Gasteiger partial charge is 0.251 e. The number of amides is 1. The summed E-state index contributed by atoms with van der Waals surface area (Å²) in [5.41, 5.74) is 3.00. The van der Waals surface area contributed by atoms with Crippen molar-refractivity contribution in [2.45, 2.75) is 0 Å². The summed E-state index contributed by atoms with van der Waals surface area (Å²) in [5.74, 6) is 6.19. The highest BCUT2D eigenvalue weighted by Gasteiger charge is 2.10. The third-order valence-electron chi connectivity index (χ3n) is 4.24. The Hall–Kier alpha value is -4.11. The molecule has 0 unspecified atom stereocenters. The van der Waals surface area contributed by atoms with Crippen molar-refractivity contribution < 1.29 is 4.79 Å². The Bertz CT molecular complexity index is 1080. The Morgan fingerprint density at radius 1 is 1.23 bits per heavy atom. The second-order valence-electron chi connectivity index (χ2n) is 6.48. The molecule has 30 heavy (non-hydrogen) atoms. The number of likely N-dealkylation sites (N-methyl/N-ethyl adjacent to an activating group) is 1. The van der Waals surface area contributed by atoms with Gasteiger partial charge >= 0.3 is 0 Å². The van der Waals surface area contributed by atoms with Gasteiger partial charge in [0.15, 0.2) is 0 Å². The van der Waals surface area contributed by atoms with Gasteiger partial charge in [0.05, 0.1) is 17.6 Å². The SMILES string of the molecule is C=C/N=C\N(C)CCNC(=O)c1ccc(-n2cccn2)c(C#Cc2ccccc2)c1. The molecular weight excluding hydrogens is 374 g/mol. The number of carbonyl (C=O) groups is 1. The molecule has 2 aromatic carbocycles. The molecule has 6 nitrogen and oxygen atoms in total. The highest BCUT2D eigenvalue weighted by molar-refractivity contribution is 5.95. The predicted molar refractivity (Wildman–Crippen MR) is 120 cm³/mol. The minimum atomic E-state index is -0.154. The highest BCUT2D eigenvalue weighted by Crippen LogP contribution is 2.16. The zero-order valence-electron chi connectivity index (χ0n) is 16.8. The number of aromatic nitrogens is 2. The lowest BCUT2D eigenvalue weighted by molar-refractivity contribution is 0.0952. The minimum Gasteiger partial charge on any atom is -0.364 e. The van der Waals surface area contributed by atoms with E-state index < -0.39 is 0 Å². The fourth-order valence-corrected chi connectivity index (χ4v) is 2.72. The number of nitrogens with one attached hydrogen (secondary N) is 1. The summed E-state index contributed by atoms with van der Waals surface area (Å²) < 4.78 is 1.74. The van der Waals surface area contributed by atoms with E-state index in [1.54, 1.807) is 29.3 Å². The second-order valence-corrected chi connectivity index (χ2v) is 6.48. The molecule has 3 rings (SSSR count). The normalized spacial score (nSPS) is 10.3. The minimum absolute atomic E-state index is 0.154. The first-order valence-electron chi connectivity index (χ1n) is 9.51. The molecule has 1 amide bonds. The molecule has 0 saturated carbocycles. The van der Waals surface area contributed by atoms with Crippen LogP contribution in [0.5, 0.6) is 0 Å². The van der Waals surface area contributed by atoms with Crippen LogP contribution in [0.4, 0.5) is 0 Å². The Morgan fingerprint density at radius 3 is 2.80 bits per heavy atom. The average molecular weight is 397 g/mol. The van der Waals surface area contributed by atoms with Gasteiger partial charge in [-0.3, -0.25) is 4.79 Å². The van der Waals surface area contributed by atoms with Gasteiger partial charge in [-0.25, -0.2) is 9.67 Å². The number of aliphatic imine (C=N–C) groups is 1. The first kappa shape index (κ1) is 20.6. The topological polar surface area (TPSA) is 62.5 Å². The van der Waals surface area contributed by atoms with Crippen LogP contribution in [-0.4, -0.2) is 47.1 Å². The first-order chi connectivity index (χ1) is 14.7. The third kappa shape index (κ3) is 5.69. The van der Waals surface area contributed by atoms with Crippen LogP contribution >= 0.6 is 0 Å². The number of hydrogen-bond donors (Lipinski definition) is 1. The maximum absolute atomic E-state index is 12.6. The van der Waals surface area contributed by atoms with E-state index in [1.807, 2.05) is 60.6 Å². The largest absolute Gasteiger partial charge is 0.364 e. The van der Waals surface area contributed by atoms with Crippen LogP contribution in [0.25, 0.3) is 5.69 Å². The van der Waals surface area contributed by atoms with Crippen molar-refractivity contribution in [3.63, 3.8) is 0 Å². The van der Waals surface area contributed by atoms with E-state index in [9.17, 15) is 4.79 Å². The van der Waals surface area contributed by atoms with Gasteiger partial charge in [-0.05, 0) is 36.4 Å². The van der Waals surface area contributed by atoms with Crippen molar-refractivity contribution in [2.24, 2.45) is 4.99 Å². The molecule has 0 aliphatic heterocycles. The number of nitrogens with zero attached hydrogens (tertiary/aromatic N) is 4. The molecule has 0 bridgehead atoms. The van der Waals surface area contributed by atoms with Gasteiger partial charge in [-0.1, -0.05) is 36.6 Å². The van der Waals surface area contributed by atoms with E-state index in [2.05, 4.69) is 33.8 Å². The lowest BCUT2D eigenvalue weighted by Gasteiger charge is -2.13. The lowest BCUT2D eigenvalue weighted by atomic mass is 10.1. The van der Waals surface area contributed by atoms with Gasteiger partial charge < -0.3 is 10.2 Å². The number of benzene rings is 2. The van der Waals surface area contributed by atoms with Gasteiger partial charge in [-0.15, -0.1) is 0 Å². The zero-order chi connectivity index (χ0) is 21.2. The van der Waals surface area contributed by atoms with Gasteiger partial charge in [0.25, 0.3) is 5.91 Å². The lowest BCUT2D eigenvalue weighted by Crippen LogP contribution is -2.32. The van der Waals surface area contributed by atoms with Crippen LogP contribution in [0.3, 0.4) is 0 Å². The van der Waals surface area contributed by atoms with E-state index >= 15 is 0 Å². The van der Waals surface area contributed by atoms with E-state index in [4.69, 9.17) is 0 Å². The summed E-state index contributed by atoms with van der Waals surface area (Å²) in [6.07, 6.45) is 6.69. The molecule has 1 N–H and O–H groups in total. The van der Waals surface area contributed by atoms with Crippen molar-refractivity contribution >= 4 is 12.2 Å². The van der Waals surface area contributed by atoms with Crippen LogP contribution in [0.15, 0.2) is 84.8 Å². The van der Waals surface area contributed by atoms with Crippen LogP contribution in [0.2, 0.25) is 0 Å². The zero-order valence-corrected chi connectivity index (χ0v) is 16.8. The molecule has 0 fully saturated rings. The molecule has 0 atom stereocenters. The van der Waals surface area contributed by atoms with Crippen LogP contribution in [0, 0.1) is 11.8 Å². The Labute approximate surface area is 176 Å². The van der Waals surface area contributed by atoms with Crippen molar-refractivity contribution in [3.05, 3.63) is 96.5 Å².